The topological polar surface area (TPSA) is 171 Å². The number of halogens is 3. The van der Waals surface area contributed by atoms with Gasteiger partial charge >= 0.3 is 6.03 Å². The smallest absolute Gasteiger partial charge is 0.326 e. The number of carbonyl (C=O) groups excluding carboxylic acids is 3. The number of hydrogen-bond donors (Lipinski definition) is 0. The van der Waals surface area contributed by atoms with Crippen molar-refractivity contribution >= 4 is 46.9 Å². The molecule has 4 amide bonds. The Balaban J connectivity index is 0.780. The summed E-state index contributed by atoms with van der Waals surface area (Å²) in [6, 6.07) is 29.5. The summed E-state index contributed by atoms with van der Waals surface area (Å²) in [5.74, 6) is 0.588. The van der Waals surface area contributed by atoms with E-state index in [1.807, 2.05) is 71.3 Å². The molecule has 1 fully saturated rings. The van der Waals surface area contributed by atoms with E-state index in [1.54, 1.807) is 49.8 Å². The van der Waals surface area contributed by atoms with Gasteiger partial charge in [0.15, 0.2) is 0 Å². The number of aryl methyl sites for hydroxylation is 1. The second-order valence-corrected chi connectivity index (χ2v) is 24.1. The fraction of sp³-hybridized carbons (Fsp3) is 0.431. The van der Waals surface area contributed by atoms with Gasteiger partial charge in [0.05, 0.1) is 69.5 Å². The Morgan fingerprint density at radius 2 is 1.54 bits per heavy atom. The van der Waals surface area contributed by atoms with Crippen LogP contribution in [-0.2, 0) is 43.9 Å². The molecule has 85 heavy (non-hydrogen) atoms. The van der Waals surface area contributed by atoms with E-state index in [2.05, 4.69) is 62.7 Å². The number of pyridine rings is 1. The molecule has 2 aromatic heterocycles. The molecule has 0 saturated carbocycles. The summed E-state index contributed by atoms with van der Waals surface area (Å²) in [5, 5.41) is 16.5. The van der Waals surface area contributed by atoms with Crippen molar-refractivity contribution in [1.82, 2.24) is 39.3 Å². The van der Waals surface area contributed by atoms with E-state index in [4.69, 9.17) is 52.2 Å². The fourth-order valence-electron chi connectivity index (χ4n) is 11.3. The van der Waals surface area contributed by atoms with Gasteiger partial charge in [0.2, 0.25) is 5.91 Å². The van der Waals surface area contributed by atoms with E-state index >= 15 is 4.79 Å². The SMILES string of the molecule is CCOc1cc(C(C)(C)C)ccc1C1=N[C@](C)(c2ccc(Cl)cc2)[C@](C)(c2ccc(Cl)cc2)N1C(=O)N1CCN(CCOCCOCCC(=O)N(C)CCn2nc3c(c2C#N)-c2cnc(C)c(c2)O[C@H](C)c2cc(F)ccc2C(=O)N(C)C3)CC1. The summed E-state index contributed by atoms with van der Waals surface area (Å²) >= 11 is 13.0. The van der Waals surface area contributed by atoms with Crippen LogP contribution in [0, 0.1) is 24.1 Å². The minimum atomic E-state index is -1.05. The highest BCUT2D eigenvalue weighted by atomic mass is 35.5. The molecular formula is C65H75Cl2FN10O7. The van der Waals surface area contributed by atoms with Crippen molar-refractivity contribution in [3.63, 3.8) is 0 Å². The molecule has 9 rings (SSSR count). The van der Waals surface area contributed by atoms with Crippen LogP contribution < -0.4 is 9.47 Å². The first-order chi connectivity index (χ1) is 40.6. The fourth-order valence-corrected chi connectivity index (χ4v) is 11.6. The molecule has 448 valence electrons. The molecule has 0 spiro atoms. The largest absolute Gasteiger partial charge is 0.493 e. The molecule has 6 aromatic rings. The molecule has 1 saturated heterocycles. The third kappa shape index (κ3) is 13.1. The van der Waals surface area contributed by atoms with Crippen molar-refractivity contribution in [2.45, 2.75) is 97.5 Å². The summed E-state index contributed by atoms with van der Waals surface area (Å²) < 4.78 is 40.6. The Bertz CT molecular complexity index is 3500. The van der Waals surface area contributed by atoms with E-state index in [0.717, 1.165) is 22.3 Å². The highest BCUT2D eigenvalue weighted by Gasteiger charge is 2.60. The van der Waals surface area contributed by atoms with Crippen LogP contribution in [0.5, 0.6) is 11.5 Å². The first kappa shape index (κ1) is 62.1. The molecule has 0 N–H and O–H groups in total. The quantitative estimate of drug-likeness (QED) is 0.0796. The molecule has 20 heteroatoms. The summed E-state index contributed by atoms with van der Waals surface area (Å²) in [7, 11) is 3.32. The van der Waals surface area contributed by atoms with Crippen molar-refractivity contribution in [2.24, 2.45) is 4.99 Å². The molecule has 3 aliphatic heterocycles. The highest BCUT2D eigenvalue weighted by molar-refractivity contribution is 6.30. The Morgan fingerprint density at radius 1 is 0.882 bits per heavy atom. The predicted octanol–water partition coefficient (Wildman–Crippen LogP) is 11.2. The Hall–Kier alpha value is -7.40. The zero-order valence-electron chi connectivity index (χ0n) is 50.2. The molecule has 0 unspecified atom stereocenters. The molecule has 17 nitrogen and oxygen atoms in total. The third-order valence-electron chi connectivity index (χ3n) is 16.6. The third-order valence-corrected chi connectivity index (χ3v) is 17.1. The monoisotopic (exact) mass is 1200 g/mol. The van der Waals surface area contributed by atoms with E-state index in [-0.39, 0.29) is 67.2 Å². The number of nitrogens with zero attached hydrogens (tertiary/aromatic N) is 10. The summed E-state index contributed by atoms with van der Waals surface area (Å²) in [6.45, 7) is 21.2. The number of aliphatic imine (C=N–C) groups is 1. The van der Waals surface area contributed by atoms with E-state index in [9.17, 15) is 19.2 Å². The van der Waals surface area contributed by atoms with Gasteiger partial charge in [0, 0.05) is 91.9 Å². The molecule has 2 bridgehead atoms. The van der Waals surface area contributed by atoms with Gasteiger partial charge in [-0.25, -0.2) is 9.18 Å². The minimum absolute atomic E-state index is 0.0433. The lowest BCUT2D eigenvalue weighted by Crippen LogP contribution is -2.60. The number of likely N-dealkylation sites (N-methyl/N-ethyl adjacent to an activating group) is 1. The van der Waals surface area contributed by atoms with E-state index in [1.165, 1.54) is 23.1 Å². The van der Waals surface area contributed by atoms with Gasteiger partial charge in [-0.05, 0) is 117 Å². The van der Waals surface area contributed by atoms with Crippen molar-refractivity contribution in [3.8, 4) is 28.7 Å². The maximum Gasteiger partial charge on any atom is 0.326 e. The summed E-state index contributed by atoms with van der Waals surface area (Å²) in [6.07, 6.45) is 1.08. The average Bonchev–Trinajstić information content (AvgIpc) is 1.63. The zero-order valence-corrected chi connectivity index (χ0v) is 51.7. The lowest BCUT2D eigenvalue weighted by Gasteiger charge is -2.47. The second-order valence-electron chi connectivity index (χ2n) is 23.2. The Labute approximate surface area is 507 Å². The standard InChI is InChI=1S/C65H75Cl2FN10O7/c1-11-84-57-37-47(63(4,5)6)16-22-52(57)60-71-64(7,45-12-17-48(66)18-13-45)65(8,46-14-19-49(67)20-15-46)78(60)62(81)76-28-26-75(27-29-76)31-33-83-35-34-82-32-24-58(79)73(9)25-30-77-55(39-69)59-44-36-56(42(2)70-40-44)85-43(3)53-38-50(68)21-23-51(53)61(80)74(10)41-54(59)72-77/h12-23,36-38,40,43H,11,24-35,41H2,1-10H3/t43-,64-,65+/m1/s1. The number of rotatable bonds is 17. The zero-order chi connectivity index (χ0) is 61.0. The second kappa shape index (κ2) is 26.1. The Kier molecular flexibility index (Phi) is 19.1. The lowest BCUT2D eigenvalue weighted by molar-refractivity contribution is -0.131. The summed E-state index contributed by atoms with van der Waals surface area (Å²) in [4.78, 5) is 62.0. The summed E-state index contributed by atoms with van der Waals surface area (Å²) in [5.41, 5.74) is 4.43. The van der Waals surface area contributed by atoms with Crippen LogP contribution in [0.1, 0.15) is 116 Å². The van der Waals surface area contributed by atoms with Gasteiger partial charge in [-0.1, -0.05) is 74.3 Å². The average molecular weight is 1200 g/mol. The highest BCUT2D eigenvalue weighted by Crippen LogP contribution is 2.54. The molecule has 0 radical (unpaired) electrons. The number of benzene rings is 4. The lowest BCUT2D eigenvalue weighted by atomic mass is 9.71. The first-order valence-corrected chi connectivity index (χ1v) is 29.6. The number of piperazine rings is 1. The van der Waals surface area contributed by atoms with Gasteiger partial charge in [0.1, 0.15) is 52.1 Å². The number of fused-ring (bicyclic) bond motifs is 5. The van der Waals surface area contributed by atoms with Crippen LogP contribution in [0.15, 0.2) is 102 Å². The number of amidine groups is 1. The van der Waals surface area contributed by atoms with Crippen molar-refractivity contribution in [2.75, 3.05) is 86.4 Å². The molecule has 5 heterocycles. The van der Waals surface area contributed by atoms with Crippen LogP contribution in [0.2, 0.25) is 10.0 Å². The van der Waals surface area contributed by atoms with Gasteiger partial charge < -0.3 is 33.6 Å². The van der Waals surface area contributed by atoms with Gasteiger partial charge in [-0.15, -0.1) is 0 Å². The molecule has 0 aliphatic carbocycles. The van der Waals surface area contributed by atoms with Crippen LogP contribution in [0.4, 0.5) is 9.18 Å². The van der Waals surface area contributed by atoms with Crippen LogP contribution in [-0.4, -0.2) is 149 Å². The first-order valence-electron chi connectivity index (χ1n) is 28.8. The van der Waals surface area contributed by atoms with E-state index < -0.39 is 23.0 Å². The molecule has 3 aliphatic rings. The molecule has 4 aromatic carbocycles. The number of amides is 4. The van der Waals surface area contributed by atoms with Crippen LogP contribution in [0.25, 0.3) is 11.1 Å². The molecule has 3 atom stereocenters. The van der Waals surface area contributed by atoms with Gasteiger partial charge in [-0.2, -0.15) is 10.4 Å². The van der Waals surface area contributed by atoms with Crippen molar-refractivity contribution in [1.29, 1.82) is 5.26 Å². The van der Waals surface area contributed by atoms with E-state index in [0.29, 0.717) is 115 Å². The maximum absolute atomic E-state index is 15.5. The van der Waals surface area contributed by atoms with Gasteiger partial charge in [0.25, 0.3) is 5.91 Å². The number of nitriles is 1. The van der Waals surface area contributed by atoms with Gasteiger partial charge in [-0.3, -0.25) is 34.0 Å². The normalized spacial score (nSPS) is 19.1. The number of ether oxygens (including phenoxy) is 4. The predicted molar refractivity (Wildman–Crippen MR) is 326 cm³/mol. The Morgan fingerprint density at radius 3 is 2.20 bits per heavy atom. The number of hydrogen-bond acceptors (Lipinski definition) is 12. The van der Waals surface area contributed by atoms with Crippen LogP contribution in [0.3, 0.4) is 0 Å². The maximum atomic E-state index is 15.5. The van der Waals surface area contributed by atoms with Crippen molar-refractivity contribution < 1.29 is 37.7 Å². The number of aromatic nitrogens is 3. The molecular weight excluding hydrogens is 1120 g/mol. The number of urea groups is 1. The minimum Gasteiger partial charge on any atom is -0.493 e. The van der Waals surface area contributed by atoms with Crippen LogP contribution >= 0.6 is 23.2 Å². The van der Waals surface area contributed by atoms with Crippen molar-refractivity contribution in [3.05, 3.63) is 164 Å². The number of carbonyl (C=O) groups is 3.